The number of rotatable bonds is 11. The number of aliphatic hydroxyl groups is 1. The molecule has 0 spiro atoms. The SMILES string of the molecule is CCCCc1nn(C)c(OCCO)c1Cc1ccc(-c2ccccc2-c2nnn[n]2[Sn]([CH3])([CH3])[CH3])cc1. The molecule has 0 unspecified atom stereocenters. The molecule has 0 aliphatic carbocycles. The number of hydrogen-bond acceptors (Lipinski definition) is 6. The first-order chi connectivity index (χ1) is 17.3. The second-order valence-electron chi connectivity index (χ2n) is 10.0. The van der Waals surface area contributed by atoms with Gasteiger partial charge in [-0.3, -0.25) is 0 Å². The molecule has 8 nitrogen and oxygen atoms in total. The van der Waals surface area contributed by atoms with Crippen molar-refractivity contribution in [3.63, 3.8) is 0 Å². The maximum absolute atomic E-state index is 9.27. The Labute approximate surface area is 217 Å². The second-order valence-corrected chi connectivity index (χ2v) is 23.6. The second kappa shape index (κ2) is 11.6. The zero-order chi connectivity index (χ0) is 25.7. The summed E-state index contributed by atoms with van der Waals surface area (Å²) in [5.74, 6) is 1.59. The molecule has 2 heterocycles. The van der Waals surface area contributed by atoms with Crippen LogP contribution >= 0.6 is 0 Å². The molecule has 190 valence electrons. The number of aryl methyl sites for hydroxylation is 2. The van der Waals surface area contributed by atoms with E-state index in [9.17, 15) is 5.11 Å². The minimum atomic E-state index is -2.55. The molecule has 0 saturated heterocycles. The maximum atomic E-state index is 9.27. The van der Waals surface area contributed by atoms with Crippen molar-refractivity contribution in [1.82, 2.24) is 28.2 Å². The molecule has 0 atom stereocenters. The number of aliphatic hydroxyl groups excluding tert-OH is 1. The first-order valence-corrected chi connectivity index (χ1v) is 22.4. The summed E-state index contributed by atoms with van der Waals surface area (Å²) in [5, 5.41) is 26.7. The van der Waals surface area contributed by atoms with Crippen molar-refractivity contribution < 1.29 is 9.84 Å². The average molecular weight is 595 g/mol. The van der Waals surface area contributed by atoms with Gasteiger partial charge in [0.1, 0.15) is 6.61 Å². The Hall–Kier alpha value is -2.72. The van der Waals surface area contributed by atoms with Gasteiger partial charge in [-0.05, 0) is 6.42 Å². The molecule has 0 saturated carbocycles. The summed E-state index contributed by atoms with van der Waals surface area (Å²) in [5.41, 5.74) is 6.66. The number of tetrazole rings is 1. The van der Waals surface area contributed by atoms with Crippen LogP contribution in [-0.4, -0.2) is 65.2 Å². The summed E-state index contributed by atoms with van der Waals surface area (Å²) in [6.07, 6.45) is 3.84. The van der Waals surface area contributed by atoms with Crippen molar-refractivity contribution in [2.24, 2.45) is 7.05 Å². The van der Waals surface area contributed by atoms with Crippen LogP contribution in [0.1, 0.15) is 36.6 Å². The van der Waals surface area contributed by atoms with Crippen LogP contribution in [-0.2, 0) is 19.9 Å². The standard InChI is InChI=1S/C24H27N6O2.3CH3.Sn/c1-3-4-9-22-21(24(30(2)27-22)32-15-14-31)16-17-10-12-18(13-11-17)19-7-5-6-8-20(19)23-25-28-29-26-23;;;;/h5-8,10-13,31H,3-4,9,14-16H2,1-2H3;3*1H3;/q-1;;;;+1. The van der Waals surface area contributed by atoms with Crippen LogP contribution in [0.5, 0.6) is 5.88 Å². The summed E-state index contributed by atoms with van der Waals surface area (Å²) in [7, 11) is 1.90. The molecule has 0 aliphatic rings. The molecular weight excluding hydrogens is 559 g/mol. The predicted octanol–water partition coefficient (Wildman–Crippen LogP) is 4.73. The van der Waals surface area contributed by atoms with Gasteiger partial charge in [0.2, 0.25) is 0 Å². The summed E-state index contributed by atoms with van der Waals surface area (Å²) in [4.78, 5) is 6.91. The van der Waals surface area contributed by atoms with Crippen molar-refractivity contribution >= 4 is 18.7 Å². The third-order valence-corrected chi connectivity index (χ3v) is 10.7. The van der Waals surface area contributed by atoms with Crippen molar-refractivity contribution in [2.75, 3.05) is 13.2 Å². The van der Waals surface area contributed by atoms with E-state index in [0.717, 1.165) is 65.3 Å². The van der Waals surface area contributed by atoms with E-state index in [-0.39, 0.29) is 13.2 Å². The van der Waals surface area contributed by atoms with Gasteiger partial charge in [0.05, 0.1) is 6.61 Å². The zero-order valence-electron chi connectivity index (χ0n) is 21.9. The molecule has 4 rings (SSSR count). The van der Waals surface area contributed by atoms with Gasteiger partial charge in [-0.1, -0.05) is 13.3 Å². The Morgan fingerprint density at radius 1 is 1.00 bits per heavy atom. The van der Waals surface area contributed by atoms with E-state index in [2.05, 4.69) is 82.6 Å². The van der Waals surface area contributed by atoms with Crippen molar-refractivity contribution in [1.29, 1.82) is 0 Å². The average Bonchev–Trinajstić information content (AvgIpc) is 3.47. The van der Waals surface area contributed by atoms with E-state index in [1.54, 1.807) is 4.68 Å². The van der Waals surface area contributed by atoms with Gasteiger partial charge in [0.25, 0.3) is 0 Å². The molecule has 0 fully saturated rings. The number of aromatic nitrogens is 6. The Morgan fingerprint density at radius 2 is 1.72 bits per heavy atom. The zero-order valence-corrected chi connectivity index (χ0v) is 24.8. The van der Waals surface area contributed by atoms with E-state index in [0.29, 0.717) is 0 Å². The fourth-order valence-corrected chi connectivity index (χ4v) is 7.56. The number of hydrogen-bond donors (Lipinski definition) is 1. The van der Waals surface area contributed by atoms with Gasteiger partial charge in [0.15, 0.2) is 0 Å². The van der Waals surface area contributed by atoms with Crippen LogP contribution in [0, 0.1) is 0 Å². The van der Waals surface area contributed by atoms with Crippen LogP contribution in [0.2, 0.25) is 14.8 Å². The third-order valence-electron chi connectivity index (χ3n) is 6.19. The molecule has 9 heteroatoms. The van der Waals surface area contributed by atoms with Crippen LogP contribution in [0.15, 0.2) is 48.5 Å². The molecule has 0 amide bonds. The molecule has 0 bridgehead atoms. The van der Waals surface area contributed by atoms with Crippen LogP contribution in [0.25, 0.3) is 22.5 Å². The summed E-state index contributed by atoms with van der Waals surface area (Å²) in [6, 6.07) is 17.0. The molecule has 36 heavy (non-hydrogen) atoms. The topological polar surface area (TPSA) is 90.9 Å². The molecule has 1 N–H and O–H groups in total. The Kier molecular flexibility index (Phi) is 8.46. The minimum absolute atomic E-state index is 0.0225. The molecular formula is C27H36N6O2Sn. The van der Waals surface area contributed by atoms with E-state index in [4.69, 9.17) is 9.84 Å². The fourth-order valence-electron chi connectivity index (χ4n) is 4.39. The Balaban J connectivity index is 1.65. The molecule has 2 aromatic carbocycles. The van der Waals surface area contributed by atoms with Crippen LogP contribution in [0.4, 0.5) is 0 Å². The van der Waals surface area contributed by atoms with E-state index >= 15 is 0 Å². The Bertz CT molecular complexity index is 1290. The normalized spacial score (nSPS) is 11.7. The first kappa shape index (κ1) is 26.3. The van der Waals surface area contributed by atoms with Gasteiger partial charge >= 0.3 is 173 Å². The van der Waals surface area contributed by atoms with Crippen LogP contribution < -0.4 is 4.74 Å². The van der Waals surface area contributed by atoms with Gasteiger partial charge in [-0.15, -0.1) is 0 Å². The van der Waals surface area contributed by atoms with Gasteiger partial charge in [-0.25, -0.2) is 0 Å². The number of ether oxygens (including phenoxy) is 1. The van der Waals surface area contributed by atoms with Gasteiger partial charge in [-0.2, -0.15) is 0 Å². The monoisotopic (exact) mass is 596 g/mol. The van der Waals surface area contributed by atoms with E-state index < -0.39 is 18.7 Å². The number of benzene rings is 2. The number of unbranched alkanes of at least 4 members (excludes halogenated alkanes) is 1. The third kappa shape index (κ3) is 5.81. The first-order valence-electron chi connectivity index (χ1n) is 12.6. The van der Waals surface area contributed by atoms with Crippen molar-refractivity contribution in [3.8, 4) is 28.4 Å². The van der Waals surface area contributed by atoms with Gasteiger partial charge in [0, 0.05) is 7.05 Å². The molecule has 2 aromatic heterocycles. The van der Waals surface area contributed by atoms with Crippen molar-refractivity contribution in [3.05, 3.63) is 65.4 Å². The van der Waals surface area contributed by atoms with Crippen molar-refractivity contribution in [2.45, 2.75) is 47.4 Å². The Morgan fingerprint density at radius 3 is 2.39 bits per heavy atom. The summed E-state index contributed by atoms with van der Waals surface area (Å²) < 4.78 is 9.75. The molecule has 0 aliphatic heterocycles. The fraction of sp³-hybridized carbons (Fsp3) is 0.407. The summed E-state index contributed by atoms with van der Waals surface area (Å²) in [6.45, 7) is 2.42. The predicted molar refractivity (Wildman–Crippen MR) is 145 cm³/mol. The van der Waals surface area contributed by atoms with Gasteiger partial charge < -0.3 is 5.11 Å². The van der Waals surface area contributed by atoms with E-state index in [1.807, 2.05) is 13.1 Å². The quantitative estimate of drug-likeness (QED) is 0.253. The van der Waals surface area contributed by atoms with Crippen LogP contribution in [0.3, 0.4) is 0 Å². The van der Waals surface area contributed by atoms with E-state index in [1.165, 1.54) is 5.56 Å². The number of nitrogens with zero attached hydrogens (tertiary/aromatic N) is 6. The molecule has 4 aromatic rings. The molecule has 0 radical (unpaired) electrons. The summed E-state index contributed by atoms with van der Waals surface area (Å²) >= 11 is -2.55.